The summed E-state index contributed by atoms with van der Waals surface area (Å²) in [5.41, 5.74) is 5.17. The Balaban J connectivity index is 1.32. The number of urea groups is 1. The van der Waals surface area contributed by atoms with E-state index in [1.165, 1.54) is 5.56 Å². The maximum absolute atomic E-state index is 12.9. The van der Waals surface area contributed by atoms with Gasteiger partial charge >= 0.3 is 6.03 Å². The fourth-order valence-corrected chi connectivity index (χ4v) is 5.17. The number of benzene rings is 3. The molecule has 7 nitrogen and oxygen atoms in total. The van der Waals surface area contributed by atoms with Crippen molar-refractivity contribution in [1.29, 1.82) is 0 Å². The van der Waals surface area contributed by atoms with Crippen LogP contribution in [0.15, 0.2) is 72.8 Å². The summed E-state index contributed by atoms with van der Waals surface area (Å²) >= 11 is 0. The molecule has 2 aliphatic heterocycles. The molecule has 2 N–H and O–H groups in total. The van der Waals surface area contributed by atoms with E-state index in [9.17, 15) is 14.7 Å². The first-order valence-corrected chi connectivity index (χ1v) is 11.8. The van der Waals surface area contributed by atoms with E-state index < -0.39 is 0 Å². The van der Waals surface area contributed by atoms with Crippen LogP contribution in [0.1, 0.15) is 17.0 Å². The summed E-state index contributed by atoms with van der Waals surface area (Å²) in [5, 5.41) is 12.9. The minimum atomic E-state index is -0.316. The number of ether oxygens (including phenoxy) is 1. The number of hydrogen-bond donors (Lipinski definition) is 2. The fourth-order valence-electron chi connectivity index (χ4n) is 5.17. The predicted octanol–water partition coefficient (Wildman–Crippen LogP) is 3.87. The molecule has 0 radical (unpaired) electrons. The molecule has 3 aromatic carbocycles. The lowest BCUT2D eigenvalue weighted by Crippen LogP contribution is -2.73. The zero-order valence-corrected chi connectivity index (χ0v) is 19.8. The number of aliphatic hydroxyl groups excluding tert-OH is 1. The molecule has 2 fully saturated rings. The highest BCUT2D eigenvalue weighted by Gasteiger charge is 2.54. The molecular formula is C28H29N3O4. The van der Waals surface area contributed by atoms with Crippen LogP contribution in [0.25, 0.3) is 11.1 Å². The molecule has 2 saturated heterocycles. The highest BCUT2D eigenvalue weighted by Crippen LogP contribution is 2.43. The third kappa shape index (κ3) is 4.35. The zero-order chi connectivity index (χ0) is 24.5. The molecular weight excluding hydrogens is 442 g/mol. The standard InChI is InChI=1S/C28H29N3O4/c1-18-3-5-19(6-4-18)20-7-9-21(10-8-20)27-24-15-30(16-26(33)31(24)25(27)17-32)28(34)29-22-11-13-23(35-2)14-12-22/h3-14,24-25,27,32H,15-17H2,1-2H3,(H,29,34)/t24-,25+,27+/m1/s1. The SMILES string of the molecule is COc1ccc(NC(=O)N2CC(=O)N3[C@H](C2)[C@H](c2ccc(-c4ccc(C)cc4)cc2)[C@@H]3CO)cc1. The molecule has 7 heteroatoms. The molecule has 3 amide bonds. The van der Waals surface area contributed by atoms with Crippen molar-refractivity contribution in [3.05, 3.63) is 83.9 Å². The number of amides is 3. The van der Waals surface area contributed by atoms with E-state index in [4.69, 9.17) is 4.74 Å². The monoisotopic (exact) mass is 471 g/mol. The van der Waals surface area contributed by atoms with Crippen LogP contribution >= 0.6 is 0 Å². The van der Waals surface area contributed by atoms with E-state index in [1.807, 2.05) is 0 Å². The molecule has 3 atom stereocenters. The summed E-state index contributed by atoms with van der Waals surface area (Å²) in [6, 6.07) is 23.0. The third-order valence-corrected chi connectivity index (χ3v) is 7.06. The van der Waals surface area contributed by atoms with Crippen molar-refractivity contribution in [2.24, 2.45) is 0 Å². The summed E-state index contributed by atoms with van der Waals surface area (Å²) in [6.07, 6.45) is 0. The van der Waals surface area contributed by atoms with Gasteiger partial charge in [0.2, 0.25) is 5.91 Å². The van der Waals surface area contributed by atoms with E-state index >= 15 is 0 Å². The number of anilines is 1. The van der Waals surface area contributed by atoms with Crippen molar-refractivity contribution >= 4 is 17.6 Å². The van der Waals surface area contributed by atoms with Crippen LogP contribution in [0, 0.1) is 6.92 Å². The second-order valence-electron chi connectivity index (χ2n) is 9.17. The lowest BCUT2D eigenvalue weighted by molar-refractivity contribution is -0.159. The molecule has 0 spiro atoms. The Morgan fingerprint density at radius 2 is 1.63 bits per heavy atom. The van der Waals surface area contributed by atoms with Crippen LogP contribution in [-0.2, 0) is 4.79 Å². The van der Waals surface area contributed by atoms with Crippen LogP contribution in [0.5, 0.6) is 5.75 Å². The van der Waals surface area contributed by atoms with Gasteiger partial charge < -0.3 is 25.0 Å². The number of carbonyl (C=O) groups excluding carboxylic acids is 2. The maximum atomic E-state index is 12.9. The summed E-state index contributed by atoms with van der Waals surface area (Å²) in [6.45, 7) is 2.36. The van der Waals surface area contributed by atoms with E-state index in [2.05, 4.69) is 60.8 Å². The van der Waals surface area contributed by atoms with Gasteiger partial charge in [0.1, 0.15) is 12.3 Å². The highest BCUT2D eigenvalue weighted by molar-refractivity contribution is 5.93. The van der Waals surface area contributed by atoms with Gasteiger partial charge in [0.25, 0.3) is 0 Å². The summed E-state index contributed by atoms with van der Waals surface area (Å²) in [7, 11) is 1.59. The summed E-state index contributed by atoms with van der Waals surface area (Å²) in [4.78, 5) is 29.1. The van der Waals surface area contributed by atoms with E-state index in [-0.39, 0.29) is 43.1 Å². The Hall–Kier alpha value is -3.84. The van der Waals surface area contributed by atoms with Gasteiger partial charge in [-0.05, 0) is 47.9 Å². The topological polar surface area (TPSA) is 82.1 Å². The minimum Gasteiger partial charge on any atom is -0.497 e. The quantitative estimate of drug-likeness (QED) is 0.592. The average molecular weight is 472 g/mol. The zero-order valence-electron chi connectivity index (χ0n) is 19.8. The largest absolute Gasteiger partial charge is 0.497 e. The first kappa shape index (κ1) is 22.9. The molecule has 5 rings (SSSR count). The van der Waals surface area contributed by atoms with Gasteiger partial charge in [-0.2, -0.15) is 0 Å². The summed E-state index contributed by atoms with van der Waals surface area (Å²) < 4.78 is 5.16. The molecule has 35 heavy (non-hydrogen) atoms. The first-order valence-electron chi connectivity index (χ1n) is 11.8. The Morgan fingerprint density at radius 1 is 1.00 bits per heavy atom. The Labute approximate surface area is 204 Å². The Bertz CT molecular complexity index is 1210. The van der Waals surface area contributed by atoms with Crippen molar-refractivity contribution in [3.8, 4) is 16.9 Å². The van der Waals surface area contributed by atoms with Gasteiger partial charge in [0, 0.05) is 18.2 Å². The van der Waals surface area contributed by atoms with Crippen molar-refractivity contribution in [3.63, 3.8) is 0 Å². The second-order valence-corrected chi connectivity index (χ2v) is 9.17. The molecule has 0 bridgehead atoms. The number of aryl methyl sites for hydroxylation is 1. The molecule has 0 saturated carbocycles. The van der Waals surface area contributed by atoms with Crippen LogP contribution in [0.2, 0.25) is 0 Å². The molecule has 2 aliphatic rings. The maximum Gasteiger partial charge on any atom is 0.322 e. The van der Waals surface area contributed by atoms with Crippen molar-refractivity contribution in [1.82, 2.24) is 9.80 Å². The number of nitrogens with zero attached hydrogens (tertiary/aromatic N) is 2. The van der Waals surface area contributed by atoms with Crippen molar-refractivity contribution < 1.29 is 19.4 Å². The number of aliphatic hydroxyl groups is 1. The van der Waals surface area contributed by atoms with Gasteiger partial charge in [-0.3, -0.25) is 4.79 Å². The highest BCUT2D eigenvalue weighted by atomic mass is 16.5. The molecule has 0 unspecified atom stereocenters. The van der Waals surface area contributed by atoms with Crippen LogP contribution in [0.4, 0.5) is 10.5 Å². The van der Waals surface area contributed by atoms with Gasteiger partial charge in [0.15, 0.2) is 0 Å². The lowest BCUT2D eigenvalue weighted by atomic mass is 9.73. The number of piperazine rings is 1. The number of fused-ring (bicyclic) bond motifs is 1. The van der Waals surface area contributed by atoms with E-state index in [0.717, 1.165) is 16.7 Å². The molecule has 2 heterocycles. The number of rotatable bonds is 5. The first-order chi connectivity index (χ1) is 17.0. The molecule has 0 aliphatic carbocycles. The van der Waals surface area contributed by atoms with Crippen LogP contribution in [0.3, 0.4) is 0 Å². The third-order valence-electron chi connectivity index (χ3n) is 7.06. The second kappa shape index (κ2) is 9.43. The molecule has 180 valence electrons. The Morgan fingerprint density at radius 3 is 2.23 bits per heavy atom. The minimum absolute atomic E-state index is 0.00588. The van der Waals surface area contributed by atoms with Crippen LogP contribution < -0.4 is 10.1 Å². The predicted molar refractivity (Wildman–Crippen MR) is 134 cm³/mol. The smallest absolute Gasteiger partial charge is 0.322 e. The van der Waals surface area contributed by atoms with Gasteiger partial charge in [0.05, 0.1) is 25.8 Å². The van der Waals surface area contributed by atoms with Crippen molar-refractivity contribution in [2.75, 3.05) is 32.1 Å². The van der Waals surface area contributed by atoms with E-state index in [0.29, 0.717) is 18.0 Å². The number of hydrogen-bond acceptors (Lipinski definition) is 4. The fraction of sp³-hybridized carbons (Fsp3) is 0.286. The number of methoxy groups -OCH3 is 1. The van der Waals surface area contributed by atoms with Gasteiger partial charge in [-0.1, -0.05) is 54.1 Å². The number of carbonyl (C=O) groups is 2. The van der Waals surface area contributed by atoms with E-state index in [1.54, 1.807) is 41.2 Å². The number of nitrogens with one attached hydrogen (secondary N) is 1. The van der Waals surface area contributed by atoms with Gasteiger partial charge in [-0.25, -0.2) is 4.79 Å². The average Bonchev–Trinajstić information content (AvgIpc) is 2.86. The molecule has 0 aromatic heterocycles. The molecule has 3 aromatic rings. The lowest BCUT2D eigenvalue weighted by Gasteiger charge is -2.58. The van der Waals surface area contributed by atoms with Crippen LogP contribution in [-0.4, -0.2) is 65.7 Å². The van der Waals surface area contributed by atoms with Crippen molar-refractivity contribution in [2.45, 2.75) is 24.9 Å². The Kier molecular flexibility index (Phi) is 6.17. The normalized spacial score (nSPS) is 21.2. The summed E-state index contributed by atoms with van der Waals surface area (Å²) in [5.74, 6) is 0.526. The van der Waals surface area contributed by atoms with Gasteiger partial charge in [-0.15, -0.1) is 0 Å².